The molecule has 2 aromatic carbocycles. The molecule has 9 nitrogen and oxygen atoms in total. The number of likely N-dealkylation sites (tertiary alicyclic amines) is 1. The minimum absolute atomic E-state index is 0.00429. The van der Waals surface area contributed by atoms with Gasteiger partial charge in [0.1, 0.15) is 23.0 Å². The molecule has 2 fully saturated rings. The lowest BCUT2D eigenvalue weighted by molar-refractivity contribution is 0.0186. The van der Waals surface area contributed by atoms with Crippen LogP contribution in [0.15, 0.2) is 49.2 Å². The molecule has 2 saturated heterocycles. The summed E-state index contributed by atoms with van der Waals surface area (Å²) < 4.78 is 24.8. The summed E-state index contributed by atoms with van der Waals surface area (Å²) in [6, 6.07) is 9.76. The van der Waals surface area contributed by atoms with E-state index in [2.05, 4.69) is 43.5 Å². The van der Waals surface area contributed by atoms with Crippen LogP contribution in [0, 0.1) is 24.1 Å². The molecule has 0 bridgehead atoms. The van der Waals surface area contributed by atoms with Crippen molar-refractivity contribution in [3.8, 4) is 17.2 Å². The van der Waals surface area contributed by atoms with Crippen molar-refractivity contribution in [2.45, 2.75) is 64.6 Å². The topological polar surface area (TPSA) is 90.5 Å². The standard InChI is InChI=1S/C38H44FN7O2/c1-9-10-12-25-13-11-14-27(29(25)20-40)31-24(2)19-28-33(32(31)39)42-35(45-22-38(6,23-45)43(7)8)30-21-41-46(34(28)30)26-15-17-44(18-16-26)36(47)48-37(3,4)5/h9-14,19,21,26H,1,15-18,22-23H2,2-8H3/b12-10-. The lowest BCUT2D eigenvalue weighted by Crippen LogP contribution is -2.67. The quantitative estimate of drug-likeness (QED) is 0.200. The Morgan fingerprint density at radius 2 is 1.92 bits per heavy atom. The van der Waals surface area contributed by atoms with Gasteiger partial charge in [-0.3, -0.25) is 4.68 Å². The number of benzene rings is 2. The third kappa shape index (κ3) is 5.81. The van der Waals surface area contributed by atoms with Gasteiger partial charge < -0.3 is 19.4 Å². The molecule has 1 amide bonds. The summed E-state index contributed by atoms with van der Waals surface area (Å²) in [7, 11) is 4.14. The second-order valence-corrected chi connectivity index (χ2v) is 14.5. The fourth-order valence-electron chi connectivity index (χ4n) is 6.91. The maximum atomic E-state index is 17.1. The van der Waals surface area contributed by atoms with Gasteiger partial charge in [-0.1, -0.05) is 43.0 Å². The van der Waals surface area contributed by atoms with E-state index in [0.717, 1.165) is 24.0 Å². The number of piperidine rings is 1. The lowest BCUT2D eigenvalue weighted by Gasteiger charge is -2.52. The molecule has 2 aromatic heterocycles. The van der Waals surface area contributed by atoms with E-state index in [1.807, 2.05) is 62.8 Å². The van der Waals surface area contributed by atoms with Crippen LogP contribution in [0.4, 0.5) is 15.0 Å². The lowest BCUT2D eigenvalue weighted by atomic mass is 9.89. The smallest absolute Gasteiger partial charge is 0.410 e. The fourth-order valence-corrected chi connectivity index (χ4v) is 6.91. The number of rotatable bonds is 6. The fraction of sp³-hybridized carbons (Fsp3) is 0.421. The van der Waals surface area contributed by atoms with Crippen molar-refractivity contribution in [2.75, 3.05) is 45.2 Å². The highest BCUT2D eigenvalue weighted by Gasteiger charge is 2.42. The summed E-state index contributed by atoms with van der Waals surface area (Å²) in [5.74, 6) is 0.240. The highest BCUT2D eigenvalue weighted by atomic mass is 19.1. The Balaban J connectivity index is 1.50. The molecule has 2 aliphatic rings. The SMILES string of the molecule is C=C/C=C\c1cccc(-c2c(C)cc3c(nc(N4CC(C)(N(C)C)C4)c4cnn(C5CCN(C(=O)OC(C)(C)C)CC5)c43)c2F)c1C#N. The van der Waals surface area contributed by atoms with Crippen molar-refractivity contribution in [1.82, 2.24) is 24.6 Å². The Hall–Kier alpha value is -4.75. The van der Waals surface area contributed by atoms with Crippen LogP contribution in [0.25, 0.3) is 39.0 Å². The minimum Gasteiger partial charge on any atom is -0.444 e. The average molecular weight is 650 g/mol. The number of nitriles is 1. The van der Waals surface area contributed by atoms with Gasteiger partial charge in [-0.25, -0.2) is 14.2 Å². The second-order valence-electron chi connectivity index (χ2n) is 14.5. The number of halogens is 1. The number of hydrogen-bond donors (Lipinski definition) is 0. The summed E-state index contributed by atoms with van der Waals surface area (Å²) in [6.45, 7) is 16.0. The third-order valence-electron chi connectivity index (χ3n) is 9.74. The van der Waals surface area contributed by atoms with Gasteiger partial charge in [0, 0.05) is 42.7 Å². The van der Waals surface area contributed by atoms with Gasteiger partial charge in [0.15, 0.2) is 5.82 Å². The first-order chi connectivity index (χ1) is 22.8. The number of hydrogen-bond acceptors (Lipinski definition) is 7. The van der Waals surface area contributed by atoms with E-state index >= 15 is 4.39 Å². The second kappa shape index (κ2) is 12.4. The van der Waals surface area contributed by atoms with E-state index in [1.165, 1.54) is 0 Å². The van der Waals surface area contributed by atoms with Crippen LogP contribution in [-0.2, 0) is 4.74 Å². The summed E-state index contributed by atoms with van der Waals surface area (Å²) in [5, 5.41) is 16.7. The number of nitrogens with zero attached hydrogens (tertiary/aromatic N) is 7. The first-order valence-electron chi connectivity index (χ1n) is 16.5. The Labute approximate surface area is 281 Å². The van der Waals surface area contributed by atoms with Crippen molar-refractivity contribution in [3.63, 3.8) is 0 Å². The molecule has 0 saturated carbocycles. The van der Waals surface area contributed by atoms with E-state index in [-0.39, 0.29) is 23.2 Å². The normalized spacial score (nSPS) is 16.9. The highest BCUT2D eigenvalue weighted by molar-refractivity contribution is 6.10. The van der Waals surface area contributed by atoms with Gasteiger partial charge in [-0.15, -0.1) is 0 Å². The summed E-state index contributed by atoms with van der Waals surface area (Å²) in [6.07, 6.45) is 8.14. The maximum absolute atomic E-state index is 17.1. The van der Waals surface area contributed by atoms with Crippen molar-refractivity contribution in [1.29, 1.82) is 5.26 Å². The molecule has 250 valence electrons. The number of anilines is 1. The number of allylic oxidation sites excluding steroid dienone is 2. The van der Waals surface area contributed by atoms with E-state index in [4.69, 9.17) is 14.8 Å². The van der Waals surface area contributed by atoms with E-state index in [0.29, 0.717) is 65.0 Å². The van der Waals surface area contributed by atoms with Gasteiger partial charge in [0.05, 0.1) is 34.2 Å². The van der Waals surface area contributed by atoms with E-state index in [1.54, 1.807) is 23.1 Å². The monoisotopic (exact) mass is 649 g/mol. The number of likely N-dealkylation sites (N-methyl/N-ethyl adjacent to an activating group) is 1. The summed E-state index contributed by atoms with van der Waals surface area (Å²) >= 11 is 0. The Morgan fingerprint density at radius 3 is 2.54 bits per heavy atom. The van der Waals surface area contributed by atoms with Crippen molar-refractivity contribution >= 4 is 39.8 Å². The number of amides is 1. The van der Waals surface area contributed by atoms with Gasteiger partial charge >= 0.3 is 6.09 Å². The van der Waals surface area contributed by atoms with Crippen LogP contribution in [0.5, 0.6) is 0 Å². The zero-order chi connectivity index (χ0) is 34.5. The van der Waals surface area contributed by atoms with Crippen LogP contribution in [0.2, 0.25) is 0 Å². The first kappa shape index (κ1) is 33.2. The zero-order valence-corrected chi connectivity index (χ0v) is 29.0. The van der Waals surface area contributed by atoms with Crippen molar-refractivity contribution in [3.05, 3.63) is 71.7 Å². The molecule has 2 aliphatic heterocycles. The summed E-state index contributed by atoms with van der Waals surface area (Å²) in [5.41, 5.74) is 3.16. The van der Waals surface area contributed by atoms with Crippen LogP contribution in [0.3, 0.4) is 0 Å². The molecule has 48 heavy (non-hydrogen) atoms. The molecule has 0 N–H and O–H groups in total. The number of ether oxygens (including phenoxy) is 1. The minimum atomic E-state index is -0.563. The molecule has 0 spiro atoms. The molecule has 10 heteroatoms. The van der Waals surface area contributed by atoms with Crippen molar-refractivity contribution < 1.29 is 13.9 Å². The molecule has 6 rings (SSSR count). The number of carbonyl (C=O) groups is 1. The molecule has 0 unspecified atom stereocenters. The first-order valence-corrected chi connectivity index (χ1v) is 16.5. The number of aryl methyl sites for hydroxylation is 1. The van der Waals surface area contributed by atoms with Gasteiger partial charge in [0.2, 0.25) is 0 Å². The zero-order valence-electron chi connectivity index (χ0n) is 29.0. The van der Waals surface area contributed by atoms with Crippen LogP contribution >= 0.6 is 0 Å². The third-order valence-corrected chi connectivity index (χ3v) is 9.74. The number of fused-ring (bicyclic) bond motifs is 3. The van der Waals surface area contributed by atoms with Crippen LogP contribution < -0.4 is 4.90 Å². The molecule has 0 radical (unpaired) electrons. The van der Waals surface area contributed by atoms with Crippen LogP contribution in [0.1, 0.15) is 63.3 Å². The van der Waals surface area contributed by atoms with Gasteiger partial charge in [-0.2, -0.15) is 10.4 Å². The predicted molar refractivity (Wildman–Crippen MR) is 189 cm³/mol. The Bertz CT molecular complexity index is 1980. The highest BCUT2D eigenvalue weighted by Crippen LogP contribution is 2.42. The molecule has 0 atom stereocenters. The number of pyridine rings is 1. The Morgan fingerprint density at radius 1 is 1.21 bits per heavy atom. The molecular weight excluding hydrogens is 605 g/mol. The number of carbonyl (C=O) groups excluding carboxylic acids is 1. The molecule has 4 heterocycles. The molecule has 0 aliphatic carbocycles. The molecular formula is C38H44FN7O2. The van der Waals surface area contributed by atoms with Gasteiger partial charge in [-0.05, 0) is 78.7 Å². The van der Waals surface area contributed by atoms with Crippen LogP contribution in [-0.4, -0.2) is 82.1 Å². The van der Waals surface area contributed by atoms with Gasteiger partial charge in [0.25, 0.3) is 0 Å². The largest absolute Gasteiger partial charge is 0.444 e. The van der Waals surface area contributed by atoms with E-state index in [9.17, 15) is 10.1 Å². The Kier molecular flexibility index (Phi) is 8.54. The average Bonchev–Trinajstić information content (AvgIpc) is 3.47. The molecule has 4 aromatic rings. The predicted octanol–water partition coefficient (Wildman–Crippen LogP) is 7.48. The number of aromatic nitrogens is 3. The van der Waals surface area contributed by atoms with E-state index < -0.39 is 11.4 Å². The van der Waals surface area contributed by atoms with Crippen molar-refractivity contribution in [2.24, 2.45) is 0 Å². The summed E-state index contributed by atoms with van der Waals surface area (Å²) in [4.78, 5) is 24.0. The maximum Gasteiger partial charge on any atom is 0.410 e.